The Morgan fingerprint density at radius 1 is 1.03 bits per heavy atom. The van der Waals surface area contributed by atoms with Crippen LogP contribution in [0.15, 0.2) is 36.4 Å². The molecule has 0 aliphatic carbocycles. The summed E-state index contributed by atoms with van der Waals surface area (Å²) in [6.07, 6.45) is 0.586. The average molecular weight is 435 g/mol. The molecule has 30 heavy (non-hydrogen) atoms. The minimum absolute atomic E-state index is 0.133. The van der Waals surface area contributed by atoms with E-state index in [9.17, 15) is 13.2 Å². The molecule has 1 aliphatic heterocycles. The normalized spacial score (nSPS) is 15.0. The van der Waals surface area contributed by atoms with Crippen molar-refractivity contribution < 1.29 is 27.4 Å². The lowest BCUT2D eigenvalue weighted by Crippen LogP contribution is -2.25. The standard InChI is InChI=1S/C21H26N2O6S/c1-4-28-18-10-7-15(13-20(18)29-5-2)21(24)22-17-9-8-16(14-19(17)27-3)23-11-6-12-30(23,25)26/h7-10,13-14H,4-6,11-12H2,1-3H3,(H,22,24). The maximum absolute atomic E-state index is 12.8. The largest absolute Gasteiger partial charge is 0.494 e. The number of rotatable bonds is 8. The van der Waals surface area contributed by atoms with E-state index in [1.807, 2.05) is 13.8 Å². The van der Waals surface area contributed by atoms with Gasteiger partial charge >= 0.3 is 0 Å². The van der Waals surface area contributed by atoms with Gasteiger partial charge in [-0.05, 0) is 50.6 Å². The molecular formula is C21H26N2O6S. The van der Waals surface area contributed by atoms with Crippen molar-refractivity contribution in [2.75, 3.05) is 42.2 Å². The fraction of sp³-hybridized carbons (Fsp3) is 0.381. The van der Waals surface area contributed by atoms with Gasteiger partial charge in [-0.1, -0.05) is 0 Å². The van der Waals surface area contributed by atoms with Crippen LogP contribution in [-0.4, -0.2) is 46.9 Å². The summed E-state index contributed by atoms with van der Waals surface area (Å²) in [5, 5.41) is 2.81. The second-order valence-electron chi connectivity index (χ2n) is 6.61. The molecule has 0 bridgehead atoms. The molecule has 2 aromatic carbocycles. The van der Waals surface area contributed by atoms with Crippen molar-refractivity contribution in [2.45, 2.75) is 20.3 Å². The molecule has 0 spiro atoms. The molecule has 1 aliphatic rings. The van der Waals surface area contributed by atoms with Gasteiger partial charge in [-0.3, -0.25) is 9.10 Å². The van der Waals surface area contributed by atoms with Crippen molar-refractivity contribution in [2.24, 2.45) is 0 Å². The highest BCUT2D eigenvalue weighted by atomic mass is 32.2. The number of nitrogens with one attached hydrogen (secondary N) is 1. The van der Waals surface area contributed by atoms with Gasteiger partial charge in [0, 0.05) is 18.2 Å². The Bertz CT molecular complexity index is 1020. The lowest BCUT2D eigenvalue weighted by Gasteiger charge is -2.19. The number of nitrogens with zero attached hydrogens (tertiary/aromatic N) is 1. The molecule has 0 unspecified atom stereocenters. The van der Waals surface area contributed by atoms with Crippen LogP contribution < -0.4 is 23.8 Å². The summed E-state index contributed by atoms with van der Waals surface area (Å²) in [4.78, 5) is 12.8. The lowest BCUT2D eigenvalue weighted by molar-refractivity contribution is 0.102. The molecule has 1 fully saturated rings. The first-order valence-corrected chi connectivity index (χ1v) is 11.4. The minimum atomic E-state index is -3.30. The monoisotopic (exact) mass is 434 g/mol. The number of hydrogen-bond acceptors (Lipinski definition) is 6. The van der Waals surface area contributed by atoms with E-state index in [1.54, 1.807) is 36.4 Å². The van der Waals surface area contributed by atoms with Gasteiger partial charge in [0.15, 0.2) is 11.5 Å². The molecule has 0 saturated carbocycles. The number of sulfonamides is 1. The van der Waals surface area contributed by atoms with Gasteiger partial charge in [-0.25, -0.2) is 8.42 Å². The topological polar surface area (TPSA) is 94.2 Å². The highest BCUT2D eigenvalue weighted by molar-refractivity contribution is 7.93. The number of benzene rings is 2. The van der Waals surface area contributed by atoms with Crippen LogP contribution in [-0.2, 0) is 10.0 Å². The van der Waals surface area contributed by atoms with E-state index >= 15 is 0 Å². The van der Waals surface area contributed by atoms with Crippen LogP contribution in [0.2, 0.25) is 0 Å². The van der Waals surface area contributed by atoms with Crippen molar-refractivity contribution in [3.8, 4) is 17.2 Å². The van der Waals surface area contributed by atoms with Gasteiger partial charge in [-0.15, -0.1) is 0 Å². The number of methoxy groups -OCH3 is 1. The van der Waals surface area contributed by atoms with Gasteiger partial charge in [0.2, 0.25) is 10.0 Å². The predicted molar refractivity (Wildman–Crippen MR) is 115 cm³/mol. The highest BCUT2D eigenvalue weighted by Crippen LogP contribution is 2.34. The van der Waals surface area contributed by atoms with E-state index < -0.39 is 10.0 Å². The van der Waals surface area contributed by atoms with Crippen LogP contribution in [0.3, 0.4) is 0 Å². The third-order valence-electron chi connectivity index (χ3n) is 4.63. The van der Waals surface area contributed by atoms with E-state index in [0.717, 1.165) is 0 Å². The molecule has 0 aromatic heterocycles. The summed E-state index contributed by atoms with van der Waals surface area (Å²) in [5.41, 5.74) is 1.35. The highest BCUT2D eigenvalue weighted by Gasteiger charge is 2.29. The number of carbonyl (C=O) groups is 1. The third-order valence-corrected chi connectivity index (χ3v) is 6.50. The van der Waals surface area contributed by atoms with E-state index in [-0.39, 0.29) is 11.7 Å². The van der Waals surface area contributed by atoms with Crippen molar-refractivity contribution in [3.05, 3.63) is 42.0 Å². The molecule has 0 radical (unpaired) electrons. The zero-order valence-corrected chi connectivity index (χ0v) is 18.1. The van der Waals surface area contributed by atoms with Crippen molar-refractivity contribution in [3.63, 3.8) is 0 Å². The van der Waals surface area contributed by atoms with Crippen molar-refractivity contribution >= 4 is 27.3 Å². The first-order valence-electron chi connectivity index (χ1n) is 9.79. The predicted octanol–water partition coefficient (Wildman–Crippen LogP) is 3.28. The Hall–Kier alpha value is -2.94. The lowest BCUT2D eigenvalue weighted by atomic mass is 10.1. The van der Waals surface area contributed by atoms with Crippen molar-refractivity contribution in [1.82, 2.24) is 0 Å². The molecule has 8 nitrogen and oxygen atoms in total. The SMILES string of the molecule is CCOc1ccc(C(=O)Nc2ccc(N3CCCS3(=O)=O)cc2OC)cc1OCC. The van der Waals surface area contributed by atoms with Gasteiger partial charge < -0.3 is 19.5 Å². The molecule has 0 atom stereocenters. The molecule has 2 aromatic rings. The number of carbonyl (C=O) groups excluding carboxylic acids is 1. The van der Waals surface area contributed by atoms with Crippen LogP contribution in [0, 0.1) is 0 Å². The number of amides is 1. The van der Waals surface area contributed by atoms with Gasteiger partial charge in [0.25, 0.3) is 5.91 Å². The second kappa shape index (κ2) is 9.25. The summed E-state index contributed by atoms with van der Waals surface area (Å²) in [5.74, 6) is 1.23. The Kier molecular flexibility index (Phi) is 6.71. The molecule has 162 valence electrons. The summed E-state index contributed by atoms with van der Waals surface area (Å²) >= 11 is 0. The van der Waals surface area contributed by atoms with E-state index in [2.05, 4.69) is 5.32 Å². The molecule has 3 rings (SSSR count). The summed E-state index contributed by atoms with van der Waals surface area (Å²) < 4.78 is 42.2. The van der Waals surface area contributed by atoms with E-state index in [0.29, 0.717) is 60.4 Å². The number of hydrogen-bond donors (Lipinski definition) is 1. The first kappa shape index (κ1) is 21.8. The third kappa shape index (κ3) is 4.62. The number of anilines is 2. The molecular weight excluding hydrogens is 408 g/mol. The summed E-state index contributed by atoms with van der Waals surface area (Å²) in [6.45, 7) is 5.10. The van der Waals surface area contributed by atoms with Crippen LogP contribution in [0.5, 0.6) is 17.2 Å². The minimum Gasteiger partial charge on any atom is -0.494 e. The second-order valence-corrected chi connectivity index (χ2v) is 8.62. The quantitative estimate of drug-likeness (QED) is 0.685. The van der Waals surface area contributed by atoms with Crippen LogP contribution >= 0.6 is 0 Å². The molecule has 1 saturated heterocycles. The molecule has 1 heterocycles. The van der Waals surface area contributed by atoms with Crippen molar-refractivity contribution in [1.29, 1.82) is 0 Å². The molecule has 9 heteroatoms. The number of ether oxygens (including phenoxy) is 3. The summed E-state index contributed by atoms with van der Waals surface area (Å²) in [7, 11) is -1.83. The van der Waals surface area contributed by atoms with Gasteiger partial charge in [0.1, 0.15) is 5.75 Å². The van der Waals surface area contributed by atoms with Crippen LogP contribution in [0.25, 0.3) is 0 Å². The summed E-state index contributed by atoms with van der Waals surface area (Å²) in [6, 6.07) is 9.88. The Morgan fingerprint density at radius 3 is 2.40 bits per heavy atom. The van der Waals surface area contributed by atoms with Gasteiger partial charge in [0.05, 0.1) is 37.5 Å². The zero-order valence-electron chi connectivity index (χ0n) is 17.3. The fourth-order valence-electron chi connectivity index (χ4n) is 3.25. The maximum atomic E-state index is 12.8. The van der Waals surface area contributed by atoms with E-state index in [1.165, 1.54) is 11.4 Å². The van der Waals surface area contributed by atoms with Crippen LogP contribution in [0.4, 0.5) is 11.4 Å². The first-order chi connectivity index (χ1) is 14.4. The average Bonchev–Trinajstić information content (AvgIpc) is 3.09. The Morgan fingerprint density at radius 2 is 1.77 bits per heavy atom. The fourth-order valence-corrected chi connectivity index (χ4v) is 4.81. The molecule has 1 N–H and O–H groups in total. The van der Waals surface area contributed by atoms with Gasteiger partial charge in [-0.2, -0.15) is 0 Å². The zero-order chi connectivity index (χ0) is 21.7. The van der Waals surface area contributed by atoms with Crippen LogP contribution in [0.1, 0.15) is 30.6 Å². The molecule has 1 amide bonds. The Balaban J connectivity index is 1.83. The smallest absolute Gasteiger partial charge is 0.255 e. The Labute approximate surface area is 176 Å². The maximum Gasteiger partial charge on any atom is 0.255 e. The van der Waals surface area contributed by atoms with E-state index in [4.69, 9.17) is 14.2 Å².